The smallest absolute Gasteiger partial charge is 0.194 e. The molecule has 0 fully saturated rings. The Morgan fingerprint density at radius 3 is 2.53 bits per heavy atom. The highest BCUT2D eigenvalue weighted by molar-refractivity contribution is 5.67. The summed E-state index contributed by atoms with van der Waals surface area (Å²) in [6.07, 6.45) is 3.46. The maximum Gasteiger partial charge on any atom is 0.194 e. The van der Waals surface area contributed by atoms with Crippen LogP contribution < -0.4 is 10.5 Å². The van der Waals surface area contributed by atoms with Gasteiger partial charge in [-0.3, -0.25) is 0 Å². The van der Waals surface area contributed by atoms with E-state index < -0.39 is 0 Å². The zero-order valence-corrected chi connectivity index (χ0v) is 11.7. The number of oxazole rings is 1. The Labute approximate surface area is 113 Å². The number of nitrogens with two attached hydrogens (primary N) is 1. The predicted octanol–water partition coefficient (Wildman–Crippen LogP) is 2.86. The van der Waals surface area contributed by atoms with E-state index in [1.807, 2.05) is 26.0 Å². The molecule has 0 spiro atoms. The van der Waals surface area contributed by atoms with Gasteiger partial charge in [0.25, 0.3) is 0 Å². The summed E-state index contributed by atoms with van der Waals surface area (Å²) in [6, 6.07) is 4.01. The van der Waals surface area contributed by atoms with Gasteiger partial charge < -0.3 is 14.9 Å². The number of methoxy groups -OCH3 is 1. The van der Waals surface area contributed by atoms with Crippen LogP contribution in [0.1, 0.15) is 23.4 Å². The van der Waals surface area contributed by atoms with Crippen LogP contribution in [-0.4, -0.2) is 18.6 Å². The minimum atomic E-state index is 0.651. The van der Waals surface area contributed by atoms with Gasteiger partial charge in [-0.15, -0.1) is 0 Å². The van der Waals surface area contributed by atoms with Crippen molar-refractivity contribution in [2.45, 2.75) is 26.7 Å². The maximum atomic E-state index is 5.80. The van der Waals surface area contributed by atoms with Crippen molar-refractivity contribution in [2.24, 2.45) is 5.73 Å². The highest BCUT2D eigenvalue weighted by Crippen LogP contribution is 2.31. The molecular formula is C15H20N2O2. The minimum Gasteiger partial charge on any atom is -0.497 e. The lowest BCUT2D eigenvalue weighted by atomic mass is 10.0. The maximum absolute atomic E-state index is 5.80. The molecule has 4 heteroatoms. The topological polar surface area (TPSA) is 61.3 Å². The molecule has 0 aliphatic carbocycles. The highest BCUT2D eigenvalue weighted by Gasteiger charge is 2.12. The molecule has 1 heterocycles. The molecule has 102 valence electrons. The number of rotatable bonds is 5. The van der Waals surface area contributed by atoms with Gasteiger partial charge in [-0.05, 0) is 50.1 Å². The second-order valence-electron chi connectivity index (χ2n) is 4.65. The van der Waals surface area contributed by atoms with Crippen molar-refractivity contribution in [2.75, 3.05) is 13.7 Å². The van der Waals surface area contributed by atoms with Gasteiger partial charge in [0, 0.05) is 12.0 Å². The average Bonchev–Trinajstić information content (AvgIpc) is 2.84. The van der Waals surface area contributed by atoms with E-state index in [1.54, 1.807) is 13.3 Å². The summed E-state index contributed by atoms with van der Waals surface area (Å²) in [5, 5.41) is 0. The lowest BCUT2D eigenvalue weighted by Gasteiger charge is -2.09. The molecule has 0 aliphatic rings. The van der Waals surface area contributed by atoms with E-state index in [2.05, 4.69) is 4.98 Å². The zero-order chi connectivity index (χ0) is 13.8. The first kappa shape index (κ1) is 13.6. The highest BCUT2D eigenvalue weighted by atomic mass is 16.5. The Morgan fingerprint density at radius 2 is 1.95 bits per heavy atom. The van der Waals surface area contributed by atoms with Crippen LogP contribution in [0.2, 0.25) is 0 Å². The molecule has 0 amide bonds. The van der Waals surface area contributed by atoms with Crippen LogP contribution in [0, 0.1) is 13.8 Å². The number of aryl methyl sites for hydroxylation is 3. The van der Waals surface area contributed by atoms with E-state index in [0.717, 1.165) is 46.9 Å². The van der Waals surface area contributed by atoms with Crippen molar-refractivity contribution in [1.82, 2.24) is 4.98 Å². The molecule has 0 saturated carbocycles. The Morgan fingerprint density at radius 1 is 1.26 bits per heavy atom. The third kappa shape index (κ3) is 2.96. The molecule has 0 unspecified atom stereocenters. The first-order valence-electron chi connectivity index (χ1n) is 6.46. The van der Waals surface area contributed by atoms with Gasteiger partial charge in [0.15, 0.2) is 11.7 Å². The van der Waals surface area contributed by atoms with Crippen molar-refractivity contribution < 1.29 is 9.15 Å². The molecule has 0 radical (unpaired) electrons. The minimum absolute atomic E-state index is 0.651. The van der Waals surface area contributed by atoms with E-state index in [-0.39, 0.29) is 0 Å². The summed E-state index contributed by atoms with van der Waals surface area (Å²) in [7, 11) is 1.67. The van der Waals surface area contributed by atoms with Crippen molar-refractivity contribution in [3.63, 3.8) is 0 Å². The molecule has 19 heavy (non-hydrogen) atoms. The number of hydrogen-bond acceptors (Lipinski definition) is 4. The summed E-state index contributed by atoms with van der Waals surface area (Å²) in [5.74, 6) is 2.42. The van der Waals surface area contributed by atoms with E-state index in [0.29, 0.717) is 6.54 Å². The molecule has 2 aromatic rings. The Balaban J connectivity index is 2.33. The number of hydrogen-bond donors (Lipinski definition) is 1. The molecular weight excluding hydrogens is 240 g/mol. The van der Waals surface area contributed by atoms with Gasteiger partial charge in [0.05, 0.1) is 13.3 Å². The first-order chi connectivity index (χ1) is 9.15. The first-order valence-corrected chi connectivity index (χ1v) is 6.46. The predicted molar refractivity (Wildman–Crippen MR) is 75.3 cm³/mol. The van der Waals surface area contributed by atoms with Crippen molar-refractivity contribution in [1.29, 1.82) is 0 Å². The SMILES string of the molecule is COc1cc(C)c(-c2cnc(CCCN)o2)c(C)c1. The van der Waals surface area contributed by atoms with Crippen LogP contribution in [0.25, 0.3) is 11.3 Å². The van der Waals surface area contributed by atoms with Gasteiger partial charge in [0.1, 0.15) is 5.75 Å². The Bertz CT molecular complexity index is 538. The molecule has 0 atom stereocenters. The third-order valence-electron chi connectivity index (χ3n) is 3.14. The summed E-state index contributed by atoms with van der Waals surface area (Å²) >= 11 is 0. The lowest BCUT2D eigenvalue weighted by molar-refractivity contribution is 0.414. The second-order valence-corrected chi connectivity index (χ2v) is 4.65. The van der Waals surface area contributed by atoms with Crippen molar-refractivity contribution >= 4 is 0 Å². The quantitative estimate of drug-likeness (QED) is 0.898. The summed E-state index contributed by atoms with van der Waals surface area (Å²) in [5.41, 5.74) is 8.83. The molecule has 1 aromatic carbocycles. The third-order valence-corrected chi connectivity index (χ3v) is 3.14. The fourth-order valence-electron chi connectivity index (χ4n) is 2.22. The fraction of sp³-hybridized carbons (Fsp3) is 0.400. The van der Waals surface area contributed by atoms with Crippen LogP contribution in [-0.2, 0) is 6.42 Å². The van der Waals surface area contributed by atoms with Crippen LogP contribution >= 0.6 is 0 Å². The molecule has 0 saturated heterocycles. The molecule has 0 bridgehead atoms. The van der Waals surface area contributed by atoms with E-state index in [1.165, 1.54) is 0 Å². The van der Waals surface area contributed by atoms with Crippen molar-refractivity contribution in [3.05, 3.63) is 35.3 Å². The van der Waals surface area contributed by atoms with E-state index in [9.17, 15) is 0 Å². The largest absolute Gasteiger partial charge is 0.497 e. The Kier molecular flexibility index (Phi) is 4.22. The van der Waals surface area contributed by atoms with Crippen LogP contribution in [0.3, 0.4) is 0 Å². The van der Waals surface area contributed by atoms with Crippen molar-refractivity contribution in [3.8, 4) is 17.1 Å². The Hall–Kier alpha value is -1.81. The summed E-state index contributed by atoms with van der Waals surface area (Å²) < 4.78 is 11.1. The molecule has 2 N–H and O–H groups in total. The molecule has 0 aliphatic heterocycles. The van der Waals surface area contributed by atoms with Gasteiger partial charge in [-0.1, -0.05) is 0 Å². The monoisotopic (exact) mass is 260 g/mol. The van der Waals surface area contributed by atoms with E-state index in [4.69, 9.17) is 14.9 Å². The normalized spacial score (nSPS) is 10.7. The van der Waals surface area contributed by atoms with E-state index >= 15 is 0 Å². The van der Waals surface area contributed by atoms with Gasteiger partial charge >= 0.3 is 0 Å². The number of nitrogens with zero attached hydrogens (tertiary/aromatic N) is 1. The number of ether oxygens (including phenoxy) is 1. The summed E-state index contributed by atoms with van der Waals surface area (Å²) in [4.78, 5) is 4.30. The lowest BCUT2D eigenvalue weighted by Crippen LogP contribution is -2.00. The summed E-state index contributed by atoms with van der Waals surface area (Å²) in [6.45, 7) is 4.75. The fourth-order valence-corrected chi connectivity index (χ4v) is 2.22. The van der Waals surface area contributed by atoms with Crippen LogP contribution in [0.15, 0.2) is 22.7 Å². The number of benzene rings is 1. The van der Waals surface area contributed by atoms with Gasteiger partial charge in [0.2, 0.25) is 0 Å². The van der Waals surface area contributed by atoms with Crippen LogP contribution in [0.5, 0.6) is 5.75 Å². The number of aromatic nitrogens is 1. The molecule has 4 nitrogen and oxygen atoms in total. The van der Waals surface area contributed by atoms with Gasteiger partial charge in [-0.2, -0.15) is 0 Å². The zero-order valence-electron chi connectivity index (χ0n) is 11.7. The second kappa shape index (κ2) is 5.89. The molecule has 1 aromatic heterocycles. The van der Waals surface area contributed by atoms with Gasteiger partial charge in [-0.25, -0.2) is 4.98 Å². The average molecular weight is 260 g/mol. The standard InChI is InChI=1S/C15H20N2O2/c1-10-7-12(18-3)8-11(2)15(10)13-9-17-14(19-13)5-4-6-16/h7-9H,4-6,16H2,1-3H3. The molecule has 2 rings (SSSR count). The van der Waals surface area contributed by atoms with Crippen LogP contribution in [0.4, 0.5) is 0 Å².